The summed E-state index contributed by atoms with van der Waals surface area (Å²) in [6, 6.07) is 12.1. The molecule has 1 aliphatic heterocycles. The van der Waals surface area contributed by atoms with E-state index in [1.54, 1.807) is 19.2 Å². The van der Waals surface area contributed by atoms with Gasteiger partial charge in [0.15, 0.2) is 5.43 Å². The molecule has 1 aliphatic rings. The monoisotopic (exact) mass is 368 g/mol. The van der Waals surface area contributed by atoms with Gasteiger partial charge in [-0.3, -0.25) is 4.79 Å². The van der Waals surface area contributed by atoms with Gasteiger partial charge in [-0.15, -0.1) is 0 Å². The second kappa shape index (κ2) is 7.42. The third-order valence-electron chi connectivity index (χ3n) is 4.98. The third kappa shape index (κ3) is 3.54. The molecule has 1 saturated heterocycles. The number of benzene rings is 2. The molecule has 0 spiro atoms. The average molecular weight is 368 g/mol. The number of methoxy groups -OCH3 is 1. The molecule has 3 aromatic rings. The average Bonchev–Trinajstić information content (AvgIpc) is 2.71. The molecule has 1 aromatic heterocycles. The normalized spacial score (nSPS) is 15.1. The van der Waals surface area contributed by atoms with Gasteiger partial charge in [-0.05, 0) is 36.4 Å². The summed E-state index contributed by atoms with van der Waals surface area (Å²) in [4.78, 5) is 14.2. The number of fused-ring (bicyclic) bond motifs is 1. The van der Waals surface area contributed by atoms with Gasteiger partial charge in [0.1, 0.15) is 42.5 Å². The number of ether oxygens (including phenoxy) is 2. The van der Waals surface area contributed by atoms with E-state index in [0.717, 1.165) is 24.4 Å². The summed E-state index contributed by atoms with van der Waals surface area (Å²) in [6.07, 6.45) is 0. The SMILES string of the molecule is COc1ccc(-c2cc(=O)c3c(C[NH+]4CCOCC4)c(O)ccc3o2)cc1. The minimum atomic E-state index is -0.152. The molecular weight excluding hydrogens is 346 g/mol. The van der Waals surface area contributed by atoms with Crippen molar-refractivity contribution >= 4 is 11.0 Å². The largest absolute Gasteiger partial charge is 0.507 e. The highest BCUT2D eigenvalue weighted by atomic mass is 16.5. The summed E-state index contributed by atoms with van der Waals surface area (Å²) >= 11 is 0. The Balaban J connectivity index is 1.76. The molecule has 0 saturated carbocycles. The Morgan fingerprint density at radius 1 is 1.11 bits per heavy atom. The van der Waals surface area contributed by atoms with Crippen molar-refractivity contribution in [2.45, 2.75) is 6.54 Å². The summed E-state index contributed by atoms with van der Waals surface area (Å²) in [5.41, 5.74) is 1.76. The van der Waals surface area contributed by atoms with Crippen molar-refractivity contribution in [1.29, 1.82) is 0 Å². The summed E-state index contributed by atoms with van der Waals surface area (Å²) in [5.74, 6) is 1.36. The van der Waals surface area contributed by atoms with Crippen LogP contribution in [0.5, 0.6) is 11.5 Å². The number of hydrogen-bond acceptors (Lipinski definition) is 5. The fourth-order valence-corrected chi connectivity index (χ4v) is 3.47. The van der Waals surface area contributed by atoms with Crippen LogP contribution in [0.25, 0.3) is 22.3 Å². The Morgan fingerprint density at radius 3 is 2.56 bits per heavy atom. The molecular formula is C21H22NO5+. The van der Waals surface area contributed by atoms with Gasteiger partial charge >= 0.3 is 0 Å². The van der Waals surface area contributed by atoms with Crippen LogP contribution in [0.4, 0.5) is 0 Å². The second-order valence-electron chi connectivity index (χ2n) is 6.68. The fourth-order valence-electron chi connectivity index (χ4n) is 3.47. The number of phenolic OH excluding ortho intramolecular Hbond substituents is 1. The zero-order valence-electron chi connectivity index (χ0n) is 15.2. The first-order chi connectivity index (χ1) is 13.2. The number of hydrogen-bond donors (Lipinski definition) is 2. The second-order valence-corrected chi connectivity index (χ2v) is 6.68. The summed E-state index contributed by atoms with van der Waals surface area (Å²) in [5, 5.41) is 10.8. The number of nitrogens with one attached hydrogen (secondary N) is 1. The molecule has 6 heteroatoms. The summed E-state index contributed by atoms with van der Waals surface area (Å²) in [6.45, 7) is 3.66. The minimum absolute atomic E-state index is 0.131. The van der Waals surface area contributed by atoms with Crippen LogP contribution in [-0.4, -0.2) is 38.5 Å². The predicted molar refractivity (Wildman–Crippen MR) is 101 cm³/mol. The lowest BCUT2D eigenvalue weighted by molar-refractivity contribution is -0.921. The van der Waals surface area contributed by atoms with Crippen molar-refractivity contribution < 1.29 is 23.9 Å². The Bertz CT molecular complexity index is 1000. The van der Waals surface area contributed by atoms with Gasteiger partial charge in [0.25, 0.3) is 0 Å². The highest BCUT2D eigenvalue weighted by Crippen LogP contribution is 2.28. The van der Waals surface area contributed by atoms with E-state index < -0.39 is 0 Å². The molecule has 2 heterocycles. The molecule has 0 aliphatic carbocycles. The zero-order chi connectivity index (χ0) is 18.8. The topological polar surface area (TPSA) is 73.3 Å². The molecule has 0 atom stereocenters. The molecule has 140 valence electrons. The van der Waals surface area contributed by atoms with Crippen molar-refractivity contribution in [2.24, 2.45) is 0 Å². The maximum absolute atomic E-state index is 12.9. The lowest BCUT2D eigenvalue weighted by Gasteiger charge is -2.24. The Kier molecular flexibility index (Phi) is 4.83. The van der Waals surface area contributed by atoms with Gasteiger partial charge in [-0.2, -0.15) is 0 Å². The maximum atomic E-state index is 12.9. The lowest BCUT2D eigenvalue weighted by Crippen LogP contribution is -3.12. The maximum Gasteiger partial charge on any atom is 0.193 e. The summed E-state index contributed by atoms with van der Waals surface area (Å²) in [7, 11) is 1.61. The number of morpholine rings is 1. The highest BCUT2D eigenvalue weighted by molar-refractivity contribution is 5.84. The van der Waals surface area contributed by atoms with Gasteiger partial charge in [0.05, 0.1) is 31.3 Å². The van der Waals surface area contributed by atoms with E-state index in [0.29, 0.717) is 42.1 Å². The number of aromatic hydroxyl groups is 1. The molecule has 0 amide bonds. The number of rotatable bonds is 4. The molecule has 2 N–H and O–H groups in total. The van der Waals surface area contributed by atoms with E-state index in [1.165, 1.54) is 11.0 Å². The van der Waals surface area contributed by atoms with Crippen LogP contribution in [0, 0.1) is 0 Å². The van der Waals surface area contributed by atoms with Crippen LogP contribution in [0.3, 0.4) is 0 Å². The molecule has 27 heavy (non-hydrogen) atoms. The Morgan fingerprint density at radius 2 is 1.85 bits per heavy atom. The molecule has 4 rings (SSSR count). The molecule has 0 unspecified atom stereocenters. The van der Waals surface area contributed by atoms with Crippen LogP contribution in [0.1, 0.15) is 5.56 Å². The molecule has 0 radical (unpaired) electrons. The molecule has 0 bridgehead atoms. The smallest absolute Gasteiger partial charge is 0.193 e. The van der Waals surface area contributed by atoms with E-state index in [-0.39, 0.29) is 11.2 Å². The van der Waals surface area contributed by atoms with Crippen LogP contribution < -0.4 is 15.1 Å². The first kappa shape index (κ1) is 17.6. The van der Waals surface area contributed by atoms with Gasteiger partial charge in [0.2, 0.25) is 0 Å². The number of quaternary nitrogens is 1. The van der Waals surface area contributed by atoms with Crippen molar-refractivity contribution in [2.75, 3.05) is 33.4 Å². The van der Waals surface area contributed by atoms with E-state index in [2.05, 4.69) is 0 Å². The van der Waals surface area contributed by atoms with Gasteiger partial charge in [-0.25, -0.2) is 0 Å². The zero-order valence-corrected chi connectivity index (χ0v) is 15.2. The first-order valence-corrected chi connectivity index (χ1v) is 9.00. The van der Waals surface area contributed by atoms with Crippen molar-refractivity contribution in [3.63, 3.8) is 0 Å². The highest BCUT2D eigenvalue weighted by Gasteiger charge is 2.21. The van der Waals surface area contributed by atoms with Gasteiger partial charge in [-0.1, -0.05) is 0 Å². The Labute approximate surface area is 156 Å². The van der Waals surface area contributed by atoms with E-state index in [1.807, 2.05) is 24.3 Å². The first-order valence-electron chi connectivity index (χ1n) is 9.00. The van der Waals surface area contributed by atoms with E-state index in [9.17, 15) is 9.90 Å². The van der Waals surface area contributed by atoms with Gasteiger partial charge in [0, 0.05) is 11.6 Å². The number of phenols is 1. The van der Waals surface area contributed by atoms with Crippen molar-refractivity contribution in [3.05, 3.63) is 58.3 Å². The molecule has 2 aromatic carbocycles. The predicted octanol–water partition coefficient (Wildman–Crippen LogP) is 1.59. The fraction of sp³-hybridized carbons (Fsp3) is 0.286. The molecule has 1 fully saturated rings. The van der Waals surface area contributed by atoms with Crippen LogP contribution in [0.15, 0.2) is 51.7 Å². The van der Waals surface area contributed by atoms with Crippen LogP contribution >= 0.6 is 0 Å². The van der Waals surface area contributed by atoms with E-state index in [4.69, 9.17) is 13.9 Å². The van der Waals surface area contributed by atoms with E-state index >= 15 is 0 Å². The summed E-state index contributed by atoms with van der Waals surface area (Å²) < 4.78 is 16.6. The quantitative estimate of drug-likeness (QED) is 0.732. The van der Waals surface area contributed by atoms with Crippen molar-refractivity contribution in [3.8, 4) is 22.8 Å². The minimum Gasteiger partial charge on any atom is -0.507 e. The van der Waals surface area contributed by atoms with Crippen LogP contribution in [-0.2, 0) is 11.3 Å². The third-order valence-corrected chi connectivity index (χ3v) is 4.98. The van der Waals surface area contributed by atoms with Crippen molar-refractivity contribution in [1.82, 2.24) is 0 Å². The lowest BCUT2D eigenvalue weighted by atomic mass is 10.0. The molecule has 6 nitrogen and oxygen atoms in total. The standard InChI is InChI=1S/C21H21NO5/c1-25-15-4-2-14(3-5-15)20-12-18(24)21-16(13-22-8-10-26-11-9-22)17(23)6-7-19(21)27-20/h2-7,12,23H,8-11,13H2,1H3/p+1. The van der Waals surface area contributed by atoms with Crippen LogP contribution in [0.2, 0.25) is 0 Å². The van der Waals surface area contributed by atoms with Gasteiger partial charge < -0.3 is 23.9 Å². The Hall–Kier alpha value is -2.83.